The van der Waals surface area contributed by atoms with Crippen LogP contribution < -0.4 is 5.32 Å². The largest absolute Gasteiger partial charge is 0.464 e. The van der Waals surface area contributed by atoms with Crippen LogP contribution in [0, 0.1) is 23.4 Å². The molecule has 2 amide bonds. The summed E-state index contributed by atoms with van der Waals surface area (Å²) in [6.07, 6.45) is 0.369. The van der Waals surface area contributed by atoms with Crippen LogP contribution in [0.1, 0.15) is 45.6 Å². The maximum atomic E-state index is 14.0. The van der Waals surface area contributed by atoms with Crippen LogP contribution in [0.25, 0.3) is 0 Å². The number of carbonyl (C=O) groups excluding carboxylic acids is 3. The molecule has 1 N–H and O–H groups in total. The number of amides is 2. The van der Waals surface area contributed by atoms with Gasteiger partial charge in [0.2, 0.25) is 11.8 Å². The van der Waals surface area contributed by atoms with Crippen molar-refractivity contribution in [3.63, 3.8) is 0 Å². The molecule has 1 fully saturated rings. The van der Waals surface area contributed by atoms with Crippen molar-refractivity contribution in [2.24, 2.45) is 5.92 Å². The Hall–Kier alpha value is -2.58. The number of hydrogen-bond acceptors (Lipinski definition) is 4. The molecule has 0 bridgehead atoms. The first-order valence-electron chi connectivity index (χ1n) is 9.52. The molecule has 6 nitrogen and oxygen atoms in total. The maximum Gasteiger partial charge on any atom is 0.328 e. The standard InChI is InChI=1S/C20H25F3N2O4/c1-4-29-20(28)19(11(2)3)24-16(26)9-14-5-6-17(27)25(14)10-12-7-13(21)8-15(22)18(12)23/h7-8,11,14,19H,4-6,9-10H2,1-3H3,(H,24,26)/t14-,19-/m0/s1. The van der Waals surface area contributed by atoms with E-state index >= 15 is 0 Å². The number of benzene rings is 1. The highest BCUT2D eigenvalue weighted by Crippen LogP contribution is 2.26. The lowest BCUT2D eigenvalue weighted by Gasteiger charge is -2.26. The van der Waals surface area contributed by atoms with Crippen LogP contribution in [0.4, 0.5) is 13.2 Å². The van der Waals surface area contributed by atoms with Gasteiger partial charge in [0, 0.05) is 37.1 Å². The van der Waals surface area contributed by atoms with Gasteiger partial charge >= 0.3 is 5.97 Å². The molecule has 1 aromatic rings. The molecule has 0 saturated carbocycles. The Morgan fingerprint density at radius 1 is 1.28 bits per heavy atom. The SMILES string of the molecule is CCOC(=O)[C@@H](NC(=O)C[C@@H]1CCC(=O)N1Cc1cc(F)cc(F)c1F)C(C)C. The molecular formula is C20H25F3N2O4. The van der Waals surface area contributed by atoms with Crippen LogP contribution >= 0.6 is 0 Å². The number of ether oxygens (including phenoxy) is 1. The zero-order valence-corrected chi connectivity index (χ0v) is 16.6. The van der Waals surface area contributed by atoms with Gasteiger partial charge in [-0.1, -0.05) is 13.8 Å². The number of rotatable bonds is 8. The predicted molar refractivity (Wildman–Crippen MR) is 97.9 cm³/mol. The topological polar surface area (TPSA) is 75.7 Å². The Kier molecular flexibility index (Phi) is 7.64. The van der Waals surface area contributed by atoms with Gasteiger partial charge in [0.25, 0.3) is 0 Å². The van der Waals surface area contributed by atoms with Crippen molar-refractivity contribution in [3.05, 3.63) is 35.1 Å². The van der Waals surface area contributed by atoms with Crippen LogP contribution in [-0.4, -0.2) is 41.4 Å². The second-order valence-electron chi connectivity index (χ2n) is 7.32. The molecule has 2 rings (SSSR count). The van der Waals surface area contributed by atoms with Crippen LogP contribution in [0.2, 0.25) is 0 Å². The van der Waals surface area contributed by atoms with E-state index in [1.54, 1.807) is 20.8 Å². The highest BCUT2D eigenvalue weighted by molar-refractivity contribution is 5.86. The smallest absolute Gasteiger partial charge is 0.328 e. The first-order chi connectivity index (χ1) is 13.6. The lowest BCUT2D eigenvalue weighted by molar-refractivity contribution is -0.149. The van der Waals surface area contributed by atoms with Crippen molar-refractivity contribution >= 4 is 17.8 Å². The second-order valence-corrected chi connectivity index (χ2v) is 7.32. The number of halogens is 3. The molecule has 1 saturated heterocycles. The van der Waals surface area contributed by atoms with Crippen LogP contribution in [-0.2, 0) is 25.7 Å². The average molecular weight is 414 g/mol. The summed E-state index contributed by atoms with van der Waals surface area (Å²) in [6.45, 7) is 5.01. The number of nitrogens with zero attached hydrogens (tertiary/aromatic N) is 1. The Morgan fingerprint density at radius 2 is 1.97 bits per heavy atom. The predicted octanol–water partition coefficient (Wildman–Crippen LogP) is 2.69. The maximum absolute atomic E-state index is 14.0. The van der Waals surface area contributed by atoms with Gasteiger partial charge < -0.3 is 15.0 Å². The summed E-state index contributed by atoms with van der Waals surface area (Å²) < 4.78 is 45.8. The number of likely N-dealkylation sites (tertiary alicyclic amines) is 1. The monoisotopic (exact) mass is 414 g/mol. The lowest BCUT2D eigenvalue weighted by Crippen LogP contribution is -2.47. The van der Waals surface area contributed by atoms with Gasteiger partial charge in [-0.15, -0.1) is 0 Å². The number of hydrogen-bond donors (Lipinski definition) is 1. The van der Waals surface area contributed by atoms with Crippen molar-refractivity contribution in [2.75, 3.05) is 6.61 Å². The van der Waals surface area contributed by atoms with E-state index < -0.39 is 41.4 Å². The number of carbonyl (C=O) groups is 3. The molecule has 160 valence electrons. The zero-order valence-electron chi connectivity index (χ0n) is 16.6. The van der Waals surface area contributed by atoms with Gasteiger partial charge in [-0.05, 0) is 25.3 Å². The molecule has 0 unspecified atom stereocenters. The van der Waals surface area contributed by atoms with E-state index in [0.29, 0.717) is 12.5 Å². The summed E-state index contributed by atoms with van der Waals surface area (Å²) >= 11 is 0. The molecule has 0 radical (unpaired) electrons. The summed E-state index contributed by atoms with van der Waals surface area (Å²) in [4.78, 5) is 37.9. The minimum Gasteiger partial charge on any atom is -0.464 e. The number of esters is 1. The summed E-state index contributed by atoms with van der Waals surface area (Å²) in [5.41, 5.74) is -0.297. The summed E-state index contributed by atoms with van der Waals surface area (Å²) in [5, 5.41) is 2.61. The Morgan fingerprint density at radius 3 is 2.59 bits per heavy atom. The molecule has 0 spiro atoms. The first-order valence-corrected chi connectivity index (χ1v) is 9.52. The molecule has 1 aromatic carbocycles. The molecule has 1 heterocycles. The average Bonchev–Trinajstić information content (AvgIpc) is 2.97. The molecule has 29 heavy (non-hydrogen) atoms. The van der Waals surface area contributed by atoms with E-state index in [9.17, 15) is 27.6 Å². The van der Waals surface area contributed by atoms with E-state index in [1.165, 1.54) is 4.90 Å². The molecule has 2 atom stereocenters. The minimum absolute atomic E-state index is 0.117. The fourth-order valence-corrected chi connectivity index (χ4v) is 3.31. The molecular weight excluding hydrogens is 389 g/mol. The van der Waals surface area contributed by atoms with Crippen molar-refractivity contribution in [2.45, 2.75) is 58.7 Å². The van der Waals surface area contributed by atoms with Crippen LogP contribution in [0.15, 0.2) is 12.1 Å². The molecule has 1 aliphatic heterocycles. The first kappa shape index (κ1) is 22.7. The van der Waals surface area contributed by atoms with E-state index in [2.05, 4.69) is 5.32 Å². The normalized spacial score (nSPS) is 17.6. The summed E-state index contributed by atoms with van der Waals surface area (Å²) in [6, 6.07) is -0.140. The summed E-state index contributed by atoms with van der Waals surface area (Å²) in [7, 11) is 0. The van der Waals surface area contributed by atoms with Gasteiger partial charge in [0.05, 0.1) is 6.61 Å². The fourth-order valence-electron chi connectivity index (χ4n) is 3.31. The van der Waals surface area contributed by atoms with Gasteiger partial charge in [0.15, 0.2) is 11.6 Å². The van der Waals surface area contributed by atoms with E-state index in [4.69, 9.17) is 4.74 Å². The number of nitrogens with one attached hydrogen (secondary N) is 1. The third kappa shape index (κ3) is 5.71. The third-order valence-corrected chi connectivity index (χ3v) is 4.81. The highest BCUT2D eigenvalue weighted by Gasteiger charge is 2.34. The Balaban J connectivity index is 2.08. The van der Waals surface area contributed by atoms with Gasteiger partial charge in [-0.25, -0.2) is 18.0 Å². The fraction of sp³-hybridized carbons (Fsp3) is 0.550. The van der Waals surface area contributed by atoms with Crippen molar-refractivity contribution in [1.29, 1.82) is 0 Å². The Labute approximate surface area is 167 Å². The molecule has 9 heteroatoms. The van der Waals surface area contributed by atoms with Crippen LogP contribution in [0.3, 0.4) is 0 Å². The van der Waals surface area contributed by atoms with Gasteiger partial charge in [-0.2, -0.15) is 0 Å². The molecule has 1 aliphatic rings. The Bertz CT molecular complexity index is 785. The van der Waals surface area contributed by atoms with Gasteiger partial charge in [0.1, 0.15) is 11.9 Å². The van der Waals surface area contributed by atoms with Gasteiger partial charge in [-0.3, -0.25) is 9.59 Å². The quantitative estimate of drug-likeness (QED) is 0.524. The van der Waals surface area contributed by atoms with E-state index in [1.807, 2.05) is 0 Å². The van der Waals surface area contributed by atoms with E-state index in [0.717, 1.165) is 6.07 Å². The van der Waals surface area contributed by atoms with Crippen molar-refractivity contribution in [3.8, 4) is 0 Å². The minimum atomic E-state index is -1.34. The third-order valence-electron chi connectivity index (χ3n) is 4.81. The second kappa shape index (κ2) is 9.76. The van der Waals surface area contributed by atoms with Crippen molar-refractivity contribution in [1.82, 2.24) is 10.2 Å². The van der Waals surface area contributed by atoms with E-state index in [-0.39, 0.29) is 43.4 Å². The van der Waals surface area contributed by atoms with Crippen molar-refractivity contribution < 1.29 is 32.3 Å². The molecule has 0 aliphatic carbocycles. The molecule has 0 aromatic heterocycles. The lowest BCUT2D eigenvalue weighted by atomic mass is 10.0. The zero-order chi connectivity index (χ0) is 21.7. The van der Waals surface area contributed by atoms with Crippen LogP contribution in [0.5, 0.6) is 0 Å². The summed E-state index contributed by atoms with van der Waals surface area (Å²) in [5.74, 6) is -5.07. The highest BCUT2D eigenvalue weighted by atomic mass is 19.2.